The van der Waals surface area contributed by atoms with E-state index in [1.165, 1.54) is 0 Å². The molecule has 1 heterocycles. The fourth-order valence-electron chi connectivity index (χ4n) is 2.88. The predicted octanol–water partition coefficient (Wildman–Crippen LogP) is 4.23. The second kappa shape index (κ2) is 8.43. The van der Waals surface area contributed by atoms with Crippen LogP contribution in [0.4, 0.5) is 4.79 Å². The normalized spacial score (nSPS) is 18.3. The molecular weight excluding hydrogens is 385 g/mol. The first kappa shape index (κ1) is 24.0. The Morgan fingerprint density at radius 2 is 1.73 bits per heavy atom. The Morgan fingerprint density at radius 3 is 2.23 bits per heavy atom. The predicted molar refractivity (Wildman–Crippen MR) is 116 cm³/mol. The molecule has 1 aliphatic rings. The van der Waals surface area contributed by atoms with E-state index in [0.717, 1.165) is 5.56 Å². The first-order chi connectivity index (χ1) is 13.6. The Hall–Kier alpha value is -2.32. The van der Waals surface area contributed by atoms with E-state index in [4.69, 9.17) is 14.0 Å². The Kier molecular flexibility index (Phi) is 6.74. The summed E-state index contributed by atoms with van der Waals surface area (Å²) in [6.45, 7) is 15.0. The standard InChI is InChI=1S/C22H32BNO6/c1-14-9-10-17(18(25)26)15(11-14)12-16(13-24-19(27)28-20(2,3)4)23-29-21(5,6)22(7,8)30-23/h9-12H,13H2,1-8H3,(H,24,27)(H,25,26). The molecule has 0 unspecified atom stereocenters. The number of carboxylic acids is 1. The van der Waals surface area contributed by atoms with Gasteiger partial charge in [-0.25, -0.2) is 9.59 Å². The lowest BCUT2D eigenvalue weighted by atomic mass is 9.76. The zero-order valence-corrected chi connectivity index (χ0v) is 19.1. The van der Waals surface area contributed by atoms with E-state index in [9.17, 15) is 14.7 Å². The number of carboxylic acid groups (broad SMARTS) is 1. The van der Waals surface area contributed by atoms with Crippen molar-refractivity contribution in [3.63, 3.8) is 0 Å². The second-order valence-electron chi connectivity index (χ2n) is 9.56. The molecule has 0 spiro atoms. The van der Waals surface area contributed by atoms with E-state index in [2.05, 4.69) is 5.32 Å². The number of hydrogen-bond donors (Lipinski definition) is 2. The van der Waals surface area contributed by atoms with E-state index in [1.54, 1.807) is 45.0 Å². The zero-order valence-electron chi connectivity index (χ0n) is 19.1. The first-order valence-corrected chi connectivity index (χ1v) is 9.98. The third-order valence-corrected chi connectivity index (χ3v) is 5.17. The molecule has 7 nitrogen and oxygen atoms in total. The fourth-order valence-corrected chi connectivity index (χ4v) is 2.88. The van der Waals surface area contributed by atoms with E-state index in [0.29, 0.717) is 11.0 Å². The summed E-state index contributed by atoms with van der Waals surface area (Å²) < 4.78 is 17.6. The minimum atomic E-state index is -1.03. The third-order valence-electron chi connectivity index (χ3n) is 5.17. The van der Waals surface area contributed by atoms with Crippen molar-refractivity contribution in [3.8, 4) is 0 Å². The Balaban J connectivity index is 2.40. The third kappa shape index (κ3) is 5.86. The summed E-state index contributed by atoms with van der Waals surface area (Å²) in [5.74, 6) is -1.03. The van der Waals surface area contributed by atoms with Gasteiger partial charge in [0.1, 0.15) is 5.60 Å². The lowest BCUT2D eigenvalue weighted by Gasteiger charge is -2.32. The molecule has 1 fully saturated rings. The number of aromatic carboxylic acids is 1. The number of alkyl carbamates (subject to hydrolysis) is 1. The number of benzene rings is 1. The van der Waals surface area contributed by atoms with Crippen LogP contribution in [-0.2, 0) is 14.0 Å². The largest absolute Gasteiger partial charge is 0.492 e. The summed E-state index contributed by atoms with van der Waals surface area (Å²) in [5, 5.41) is 12.3. The monoisotopic (exact) mass is 417 g/mol. The highest BCUT2D eigenvalue weighted by Crippen LogP contribution is 2.39. The van der Waals surface area contributed by atoms with Crippen molar-refractivity contribution in [2.45, 2.75) is 72.2 Å². The highest BCUT2D eigenvalue weighted by atomic mass is 16.7. The number of amides is 1. The molecule has 1 saturated heterocycles. The molecule has 0 aromatic heterocycles. The van der Waals surface area contributed by atoms with Crippen LogP contribution in [0.25, 0.3) is 6.08 Å². The number of aryl methyl sites for hydroxylation is 1. The molecular formula is C22H32BNO6. The molecule has 0 radical (unpaired) electrons. The zero-order chi connectivity index (χ0) is 22.9. The van der Waals surface area contributed by atoms with Crippen LogP contribution >= 0.6 is 0 Å². The molecule has 0 saturated carbocycles. The maximum atomic E-state index is 12.2. The molecule has 164 valence electrons. The quantitative estimate of drug-likeness (QED) is 0.697. The Bertz CT molecular complexity index is 838. The lowest BCUT2D eigenvalue weighted by Crippen LogP contribution is -2.41. The summed E-state index contributed by atoms with van der Waals surface area (Å²) in [7, 11) is -0.743. The number of carbonyl (C=O) groups excluding carboxylic acids is 1. The van der Waals surface area contributed by atoms with Crippen LogP contribution in [0.3, 0.4) is 0 Å². The summed E-state index contributed by atoms with van der Waals surface area (Å²) in [4.78, 5) is 23.9. The van der Waals surface area contributed by atoms with Gasteiger partial charge in [0.2, 0.25) is 0 Å². The molecule has 1 amide bonds. The van der Waals surface area contributed by atoms with Gasteiger partial charge in [-0.2, -0.15) is 0 Å². The molecule has 0 bridgehead atoms. The highest BCUT2D eigenvalue weighted by Gasteiger charge is 2.52. The number of ether oxygens (including phenoxy) is 1. The van der Waals surface area contributed by atoms with Gasteiger partial charge in [-0.1, -0.05) is 23.8 Å². The van der Waals surface area contributed by atoms with Crippen molar-refractivity contribution in [3.05, 3.63) is 40.4 Å². The molecule has 0 aliphatic carbocycles. The van der Waals surface area contributed by atoms with Gasteiger partial charge in [-0.05, 0) is 72.5 Å². The van der Waals surface area contributed by atoms with E-state index < -0.39 is 36.0 Å². The van der Waals surface area contributed by atoms with Gasteiger partial charge in [0.25, 0.3) is 0 Å². The molecule has 1 aromatic carbocycles. The van der Waals surface area contributed by atoms with Gasteiger partial charge >= 0.3 is 19.2 Å². The summed E-state index contributed by atoms with van der Waals surface area (Å²) in [6, 6.07) is 5.09. The topological polar surface area (TPSA) is 94.1 Å². The maximum Gasteiger partial charge on any atom is 0.492 e. The smallest absolute Gasteiger partial charge is 0.478 e. The highest BCUT2D eigenvalue weighted by molar-refractivity contribution is 6.56. The second-order valence-corrected chi connectivity index (χ2v) is 9.56. The van der Waals surface area contributed by atoms with Gasteiger partial charge in [0.15, 0.2) is 0 Å². The van der Waals surface area contributed by atoms with Gasteiger partial charge < -0.3 is 24.5 Å². The summed E-state index contributed by atoms with van der Waals surface area (Å²) in [6.07, 6.45) is 1.13. The Labute approximate surface area is 178 Å². The van der Waals surface area contributed by atoms with Crippen LogP contribution in [-0.4, -0.2) is 47.6 Å². The molecule has 0 atom stereocenters. The van der Waals surface area contributed by atoms with Crippen molar-refractivity contribution in [1.29, 1.82) is 0 Å². The minimum absolute atomic E-state index is 0.0821. The minimum Gasteiger partial charge on any atom is -0.478 e. The average molecular weight is 417 g/mol. The Morgan fingerprint density at radius 1 is 1.17 bits per heavy atom. The summed E-state index contributed by atoms with van der Waals surface area (Å²) in [5.41, 5.74) is 0.388. The number of carbonyl (C=O) groups is 2. The van der Waals surface area contributed by atoms with Crippen molar-refractivity contribution < 1.29 is 28.7 Å². The van der Waals surface area contributed by atoms with Gasteiger partial charge in [-0.3, -0.25) is 0 Å². The van der Waals surface area contributed by atoms with Crippen LogP contribution in [0.5, 0.6) is 0 Å². The van der Waals surface area contributed by atoms with Crippen molar-refractivity contribution >= 4 is 25.3 Å². The van der Waals surface area contributed by atoms with Gasteiger partial charge in [-0.15, -0.1) is 0 Å². The van der Waals surface area contributed by atoms with E-state index in [-0.39, 0.29) is 12.1 Å². The van der Waals surface area contributed by atoms with Crippen molar-refractivity contribution in [1.82, 2.24) is 5.32 Å². The first-order valence-electron chi connectivity index (χ1n) is 9.98. The van der Waals surface area contributed by atoms with Crippen molar-refractivity contribution in [2.24, 2.45) is 0 Å². The molecule has 1 aliphatic heterocycles. The molecule has 30 heavy (non-hydrogen) atoms. The fraction of sp³-hybridized carbons (Fsp3) is 0.545. The lowest BCUT2D eigenvalue weighted by molar-refractivity contribution is 0.00578. The SMILES string of the molecule is Cc1ccc(C(=O)O)c(C=C(CNC(=O)OC(C)(C)C)B2OC(C)(C)C(C)(C)O2)c1. The average Bonchev–Trinajstić information content (AvgIpc) is 2.77. The van der Waals surface area contributed by atoms with E-state index in [1.807, 2.05) is 34.6 Å². The number of rotatable bonds is 5. The number of nitrogens with one attached hydrogen (secondary N) is 1. The van der Waals surface area contributed by atoms with Crippen LogP contribution in [0.1, 0.15) is 70.0 Å². The molecule has 2 rings (SSSR count). The molecule has 8 heteroatoms. The van der Waals surface area contributed by atoms with Gasteiger partial charge in [0.05, 0.1) is 16.8 Å². The molecule has 1 aromatic rings. The summed E-state index contributed by atoms with van der Waals surface area (Å²) >= 11 is 0. The van der Waals surface area contributed by atoms with Gasteiger partial charge in [0, 0.05) is 6.54 Å². The molecule has 2 N–H and O–H groups in total. The van der Waals surface area contributed by atoms with E-state index >= 15 is 0 Å². The van der Waals surface area contributed by atoms with Crippen LogP contribution in [0.2, 0.25) is 0 Å². The van der Waals surface area contributed by atoms with Crippen LogP contribution in [0.15, 0.2) is 23.7 Å². The van der Waals surface area contributed by atoms with Crippen LogP contribution in [0, 0.1) is 6.92 Å². The van der Waals surface area contributed by atoms with Crippen molar-refractivity contribution in [2.75, 3.05) is 6.54 Å². The maximum absolute atomic E-state index is 12.2. The number of hydrogen-bond acceptors (Lipinski definition) is 5. The van der Waals surface area contributed by atoms with Crippen LogP contribution < -0.4 is 5.32 Å².